The number of hydrogen-bond acceptors (Lipinski definition) is 2. The maximum Gasteiger partial charge on any atom is 0.0314 e. The van der Waals surface area contributed by atoms with Crippen LogP contribution >= 0.6 is 12.6 Å². The summed E-state index contributed by atoms with van der Waals surface area (Å²) >= 11 is 4.51. The van der Waals surface area contributed by atoms with E-state index in [2.05, 4.69) is 24.8 Å². The molecule has 14 heavy (non-hydrogen) atoms. The smallest absolute Gasteiger partial charge is 0.0314 e. The summed E-state index contributed by atoms with van der Waals surface area (Å²) in [6.45, 7) is 0. The molecule has 2 heteroatoms. The molecule has 0 spiro atoms. The molecule has 1 aliphatic rings. The second-order valence-electron chi connectivity index (χ2n) is 4.27. The summed E-state index contributed by atoms with van der Waals surface area (Å²) < 4.78 is 0. The SMILES string of the molecule is Nc1ccc(C2(CS)CCCC2)cc1. The van der Waals surface area contributed by atoms with Crippen LogP contribution in [0.3, 0.4) is 0 Å². The van der Waals surface area contributed by atoms with Gasteiger partial charge in [-0.1, -0.05) is 25.0 Å². The number of hydrogen-bond donors (Lipinski definition) is 2. The minimum atomic E-state index is 0.330. The van der Waals surface area contributed by atoms with Gasteiger partial charge < -0.3 is 5.73 Å². The Morgan fingerprint density at radius 2 is 1.71 bits per heavy atom. The lowest BCUT2D eigenvalue weighted by atomic mass is 9.81. The molecule has 2 rings (SSSR count). The maximum absolute atomic E-state index is 5.69. The first-order valence-electron chi connectivity index (χ1n) is 5.24. The van der Waals surface area contributed by atoms with Gasteiger partial charge in [-0.25, -0.2) is 0 Å². The third-order valence-electron chi connectivity index (χ3n) is 3.39. The lowest BCUT2D eigenvalue weighted by Crippen LogP contribution is -2.23. The Labute approximate surface area is 91.1 Å². The molecular formula is C12H17NS. The van der Waals surface area contributed by atoms with Gasteiger partial charge in [-0.3, -0.25) is 0 Å². The van der Waals surface area contributed by atoms with E-state index in [0.717, 1.165) is 11.4 Å². The average molecular weight is 207 g/mol. The Hall–Kier alpha value is -0.630. The quantitative estimate of drug-likeness (QED) is 0.566. The zero-order valence-corrected chi connectivity index (χ0v) is 9.26. The number of anilines is 1. The molecule has 0 saturated heterocycles. The van der Waals surface area contributed by atoms with E-state index in [1.165, 1.54) is 31.2 Å². The minimum Gasteiger partial charge on any atom is -0.399 e. The molecule has 0 aromatic heterocycles. The van der Waals surface area contributed by atoms with Gasteiger partial charge in [0.25, 0.3) is 0 Å². The molecule has 0 bridgehead atoms. The lowest BCUT2D eigenvalue weighted by molar-refractivity contribution is 0.503. The second kappa shape index (κ2) is 3.85. The first-order valence-corrected chi connectivity index (χ1v) is 5.87. The molecule has 0 amide bonds. The van der Waals surface area contributed by atoms with Gasteiger partial charge in [0, 0.05) is 11.1 Å². The van der Waals surface area contributed by atoms with Crippen LogP contribution in [0.4, 0.5) is 5.69 Å². The van der Waals surface area contributed by atoms with Crippen molar-refractivity contribution in [3.63, 3.8) is 0 Å². The van der Waals surface area contributed by atoms with Crippen LogP contribution in [-0.4, -0.2) is 5.75 Å². The molecule has 0 radical (unpaired) electrons. The Morgan fingerprint density at radius 1 is 1.14 bits per heavy atom. The van der Waals surface area contributed by atoms with Gasteiger partial charge in [0.15, 0.2) is 0 Å². The van der Waals surface area contributed by atoms with E-state index in [-0.39, 0.29) is 0 Å². The highest BCUT2D eigenvalue weighted by atomic mass is 32.1. The van der Waals surface area contributed by atoms with E-state index in [4.69, 9.17) is 5.73 Å². The van der Waals surface area contributed by atoms with Gasteiger partial charge in [-0.2, -0.15) is 12.6 Å². The van der Waals surface area contributed by atoms with Gasteiger partial charge in [0.2, 0.25) is 0 Å². The molecule has 0 aliphatic heterocycles. The topological polar surface area (TPSA) is 26.0 Å². The molecule has 1 nitrogen and oxygen atoms in total. The van der Waals surface area contributed by atoms with Crippen molar-refractivity contribution in [2.45, 2.75) is 31.1 Å². The fourth-order valence-electron chi connectivity index (χ4n) is 2.43. The molecule has 1 fully saturated rings. The first-order chi connectivity index (χ1) is 6.77. The van der Waals surface area contributed by atoms with E-state index in [9.17, 15) is 0 Å². The van der Waals surface area contributed by atoms with E-state index in [0.29, 0.717) is 5.41 Å². The van der Waals surface area contributed by atoms with Crippen molar-refractivity contribution in [1.82, 2.24) is 0 Å². The summed E-state index contributed by atoms with van der Waals surface area (Å²) in [4.78, 5) is 0. The Morgan fingerprint density at radius 3 is 2.21 bits per heavy atom. The van der Waals surface area contributed by atoms with E-state index in [1.54, 1.807) is 0 Å². The third kappa shape index (κ3) is 1.63. The molecule has 0 unspecified atom stereocenters. The van der Waals surface area contributed by atoms with Gasteiger partial charge in [-0.05, 0) is 36.3 Å². The van der Waals surface area contributed by atoms with Crippen molar-refractivity contribution in [1.29, 1.82) is 0 Å². The fourth-order valence-corrected chi connectivity index (χ4v) is 2.93. The zero-order valence-electron chi connectivity index (χ0n) is 8.37. The van der Waals surface area contributed by atoms with E-state index in [1.807, 2.05) is 12.1 Å². The highest BCUT2D eigenvalue weighted by Gasteiger charge is 2.33. The maximum atomic E-state index is 5.69. The van der Waals surface area contributed by atoms with Crippen molar-refractivity contribution >= 4 is 18.3 Å². The summed E-state index contributed by atoms with van der Waals surface area (Å²) in [5.74, 6) is 0.955. The predicted octanol–water partition coefficient (Wildman–Crippen LogP) is 3.01. The van der Waals surface area contributed by atoms with Crippen LogP contribution in [0.5, 0.6) is 0 Å². The lowest BCUT2D eigenvalue weighted by Gasteiger charge is -2.27. The molecule has 1 saturated carbocycles. The van der Waals surface area contributed by atoms with Crippen LogP contribution < -0.4 is 5.73 Å². The monoisotopic (exact) mass is 207 g/mol. The van der Waals surface area contributed by atoms with Crippen LogP contribution in [-0.2, 0) is 5.41 Å². The number of nitrogens with two attached hydrogens (primary N) is 1. The number of benzene rings is 1. The standard InChI is InChI=1S/C12H17NS/c13-11-5-3-10(4-6-11)12(9-14)7-1-2-8-12/h3-6,14H,1-2,7-9,13H2. The predicted molar refractivity (Wildman–Crippen MR) is 64.9 cm³/mol. The Bertz CT molecular complexity index is 299. The summed E-state index contributed by atoms with van der Waals surface area (Å²) in [7, 11) is 0. The van der Waals surface area contributed by atoms with E-state index < -0.39 is 0 Å². The molecule has 1 aliphatic carbocycles. The van der Waals surface area contributed by atoms with Crippen molar-refractivity contribution < 1.29 is 0 Å². The molecular weight excluding hydrogens is 190 g/mol. The highest BCUT2D eigenvalue weighted by Crippen LogP contribution is 2.41. The van der Waals surface area contributed by atoms with Crippen molar-refractivity contribution in [2.24, 2.45) is 0 Å². The highest BCUT2D eigenvalue weighted by molar-refractivity contribution is 7.80. The summed E-state index contributed by atoms with van der Waals surface area (Å²) in [6.07, 6.45) is 5.23. The molecule has 2 N–H and O–H groups in total. The van der Waals surface area contributed by atoms with Crippen molar-refractivity contribution in [2.75, 3.05) is 11.5 Å². The molecule has 0 atom stereocenters. The average Bonchev–Trinajstić information content (AvgIpc) is 2.68. The molecule has 1 aromatic rings. The number of rotatable bonds is 2. The largest absolute Gasteiger partial charge is 0.399 e. The van der Waals surface area contributed by atoms with E-state index >= 15 is 0 Å². The zero-order chi connectivity index (χ0) is 10.0. The normalized spacial score (nSPS) is 19.8. The summed E-state index contributed by atoms with van der Waals surface area (Å²) in [6, 6.07) is 8.32. The van der Waals surface area contributed by atoms with Crippen LogP contribution in [0.2, 0.25) is 0 Å². The molecule has 0 heterocycles. The Balaban J connectivity index is 2.31. The fraction of sp³-hybridized carbons (Fsp3) is 0.500. The van der Waals surface area contributed by atoms with Crippen molar-refractivity contribution in [3.8, 4) is 0 Å². The van der Waals surface area contributed by atoms with Gasteiger partial charge in [-0.15, -0.1) is 0 Å². The Kier molecular flexibility index (Phi) is 2.73. The summed E-state index contributed by atoms with van der Waals surface area (Å²) in [5, 5.41) is 0. The number of thiol groups is 1. The second-order valence-corrected chi connectivity index (χ2v) is 4.58. The van der Waals surface area contributed by atoms with Crippen LogP contribution in [0.1, 0.15) is 31.2 Å². The van der Waals surface area contributed by atoms with Gasteiger partial charge in [0.05, 0.1) is 0 Å². The van der Waals surface area contributed by atoms with Crippen LogP contribution in [0.25, 0.3) is 0 Å². The molecule has 1 aromatic carbocycles. The van der Waals surface area contributed by atoms with Crippen LogP contribution in [0, 0.1) is 0 Å². The van der Waals surface area contributed by atoms with Gasteiger partial charge in [0.1, 0.15) is 0 Å². The first kappa shape index (κ1) is 9.91. The number of nitrogen functional groups attached to an aromatic ring is 1. The van der Waals surface area contributed by atoms with Gasteiger partial charge >= 0.3 is 0 Å². The summed E-state index contributed by atoms with van der Waals surface area (Å²) in [5.41, 5.74) is 8.29. The third-order valence-corrected chi connectivity index (χ3v) is 3.99. The van der Waals surface area contributed by atoms with Crippen LogP contribution in [0.15, 0.2) is 24.3 Å². The molecule has 76 valence electrons. The minimum absolute atomic E-state index is 0.330. The van der Waals surface area contributed by atoms with Crippen molar-refractivity contribution in [3.05, 3.63) is 29.8 Å².